The minimum Gasteiger partial charge on any atom is -0.497 e. The lowest BCUT2D eigenvalue weighted by Gasteiger charge is -2.28. The van der Waals surface area contributed by atoms with E-state index in [-0.39, 0.29) is 27.6 Å². The molecule has 3 rings (SSSR count). The number of methoxy groups -OCH3 is 1. The summed E-state index contributed by atoms with van der Waals surface area (Å²) in [5.41, 5.74) is -1.40. The van der Waals surface area contributed by atoms with Gasteiger partial charge >= 0.3 is 24.0 Å². The van der Waals surface area contributed by atoms with Crippen LogP contribution in [0.5, 0.6) is 11.5 Å². The molecule has 0 spiro atoms. The van der Waals surface area contributed by atoms with Crippen LogP contribution in [-0.4, -0.2) is 79.3 Å². The van der Waals surface area contributed by atoms with Gasteiger partial charge in [0.25, 0.3) is 11.8 Å². The number of nitrogens with one attached hydrogen (secondary N) is 3. The van der Waals surface area contributed by atoms with Gasteiger partial charge in [-0.3, -0.25) is 24.0 Å². The lowest BCUT2D eigenvalue weighted by molar-refractivity contribution is -0.167. The number of Topliss-reactive ketones (excluding diaryl/α,β-unsaturated/α-hetero) is 2. The van der Waals surface area contributed by atoms with E-state index in [1.54, 1.807) is 20.8 Å². The van der Waals surface area contributed by atoms with E-state index in [0.29, 0.717) is 0 Å². The molecule has 0 aliphatic heterocycles. The predicted octanol–water partition coefficient (Wildman–Crippen LogP) is 6.86. The third-order valence-electron chi connectivity index (χ3n) is 8.90. The second kappa shape index (κ2) is 20.9. The minimum absolute atomic E-state index is 0.0328. The number of benzene rings is 3. The number of hydrogen-bond donors (Lipinski definition) is 3. The molecule has 0 bridgehead atoms. The highest BCUT2D eigenvalue weighted by Gasteiger charge is 2.52. The second-order valence-electron chi connectivity index (χ2n) is 15.3. The average Bonchev–Trinajstić information content (AvgIpc) is 3.18. The van der Waals surface area contributed by atoms with Crippen LogP contribution in [0.1, 0.15) is 63.8 Å². The first-order valence-electron chi connectivity index (χ1n) is 18.8. The van der Waals surface area contributed by atoms with E-state index in [1.165, 1.54) is 81.6 Å². The highest BCUT2D eigenvalue weighted by Crippen LogP contribution is 2.32. The Morgan fingerprint density at radius 1 is 0.774 bits per heavy atom. The van der Waals surface area contributed by atoms with Crippen LogP contribution >= 0.6 is 11.6 Å². The van der Waals surface area contributed by atoms with E-state index in [0.717, 1.165) is 17.4 Å². The van der Waals surface area contributed by atoms with Crippen molar-refractivity contribution in [3.8, 4) is 11.5 Å². The van der Waals surface area contributed by atoms with Crippen molar-refractivity contribution >= 4 is 46.9 Å². The molecule has 20 heteroatoms. The maximum atomic E-state index is 15.6. The Morgan fingerprint density at radius 3 is 1.90 bits per heavy atom. The number of esters is 1. The van der Waals surface area contributed by atoms with Gasteiger partial charge in [-0.05, 0) is 74.2 Å². The van der Waals surface area contributed by atoms with Crippen molar-refractivity contribution in [3.05, 3.63) is 94.5 Å². The van der Waals surface area contributed by atoms with Gasteiger partial charge in [-0.1, -0.05) is 61.8 Å². The van der Waals surface area contributed by atoms with Crippen LogP contribution in [0.4, 0.5) is 30.7 Å². The summed E-state index contributed by atoms with van der Waals surface area (Å²) in [5.74, 6) is -21.7. The van der Waals surface area contributed by atoms with Crippen LogP contribution in [0.25, 0.3) is 0 Å². The summed E-state index contributed by atoms with van der Waals surface area (Å²) >= 11 is 5.88. The van der Waals surface area contributed by atoms with Crippen LogP contribution in [0.15, 0.2) is 72.8 Å². The molecule has 0 unspecified atom stereocenters. The minimum atomic E-state index is -5.09. The van der Waals surface area contributed by atoms with Crippen LogP contribution in [0.2, 0.25) is 5.02 Å². The molecular weight excluding hydrogens is 859 g/mol. The molecule has 0 aliphatic carbocycles. The maximum absolute atomic E-state index is 15.6. The molecule has 3 aromatic carbocycles. The van der Waals surface area contributed by atoms with Gasteiger partial charge in [0, 0.05) is 29.3 Å². The highest BCUT2D eigenvalue weighted by atomic mass is 35.5. The quantitative estimate of drug-likeness (QED) is 0.0624. The van der Waals surface area contributed by atoms with Crippen LogP contribution in [0.3, 0.4) is 0 Å². The van der Waals surface area contributed by atoms with Gasteiger partial charge in [0.1, 0.15) is 35.7 Å². The standard InChI is InChI=1S/C42H45ClF7N3O9/c1-23(2)30(35(56)42(49,50)37(58)51-22-40(44,45)46)20-32(54)34(25-12-16-28(60-6)17-13-25)53-36(57)31(52-38(59)41(47,48)26-8-7-9-27(43)19-26)18-24-10-14-29(15-11-24)61-21-33(55)62-39(3,4)5/h7-17,19,23,30-31,34H,18,20-22H2,1-6H3,(H,51,58)(H,52,59)(H,53,57)/t30-,31-,34-/m0/s1. The largest absolute Gasteiger partial charge is 0.497 e. The van der Waals surface area contributed by atoms with E-state index >= 15 is 17.6 Å². The number of amides is 3. The lowest BCUT2D eigenvalue weighted by atomic mass is 9.82. The molecule has 0 heterocycles. The lowest BCUT2D eigenvalue weighted by Crippen LogP contribution is -2.53. The molecule has 12 nitrogen and oxygen atoms in total. The van der Waals surface area contributed by atoms with Gasteiger partial charge in [0.15, 0.2) is 12.4 Å². The topological polar surface area (TPSA) is 166 Å². The molecule has 62 heavy (non-hydrogen) atoms. The van der Waals surface area contributed by atoms with Crippen molar-refractivity contribution in [1.82, 2.24) is 16.0 Å². The van der Waals surface area contributed by atoms with Crippen LogP contribution in [-0.2, 0) is 45.8 Å². The van der Waals surface area contributed by atoms with Crippen molar-refractivity contribution < 1.29 is 73.7 Å². The Balaban J connectivity index is 2.00. The zero-order valence-corrected chi connectivity index (χ0v) is 35.0. The van der Waals surface area contributed by atoms with E-state index in [2.05, 4.69) is 5.32 Å². The Labute approximate surface area is 357 Å². The zero-order chi connectivity index (χ0) is 46.8. The zero-order valence-electron chi connectivity index (χ0n) is 34.3. The van der Waals surface area contributed by atoms with E-state index in [4.69, 9.17) is 25.8 Å². The Hall–Kier alpha value is -5.72. The van der Waals surface area contributed by atoms with Gasteiger partial charge in [-0.2, -0.15) is 30.7 Å². The fourth-order valence-electron chi connectivity index (χ4n) is 5.73. The normalized spacial score (nSPS) is 13.6. The van der Waals surface area contributed by atoms with E-state index < -0.39 is 114 Å². The summed E-state index contributed by atoms with van der Waals surface area (Å²) in [4.78, 5) is 78.7. The van der Waals surface area contributed by atoms with E-state index in [1.807, 2.05) is 5.32 Å². The molecular formula is C42H45ClF7N3O9. The van der Waals surface area contributed by atoms with Gasteiger partial charge in [-0.25, -0.2) is 4.79 Å². The van der Waals surface area contributed by atoms with Crippen molar-refractivity contribution in [2.24, 2.45) is 11.8 Å². The third kappa shape index (κ3) is 14.7. The SMILES string of the molecule is COc1ccc([C@H](NC(=O)[C@H](Cc2ccc(OCC(=O)OC(C)(C)C)cc2)NC(=O)C(F)(F)c2cccc(Cl)c2)C(=O)C[C@H](C(=O)C(F)(F)C(=O)NCC(F)(F)F)C(C)C)cc1. The molecule has 3 N–H and O–H groups in total. The summed E-state index contributed by atoms with van der Waals surface area (Å²) < 4.78 is 115. The number of alkyl halides is 7. The molecule has 3 aromatic rings. The summed E-state index contributed by atoms with van der Waals surface area (Å²) in [5, 5.41) is 5.18. The number of rotatable bonds is 20. The third-order valence-corrected chi connectivity index (χ3v) is 9.13. The van der Waals surface area contributed by atoms with Gasteiger partial charge in [0.05, 0.1) is 7.11 Å². The summed E-state index contributed by atoms with van der Waals surface area (Å²) in [6.07, 6.45) is -6.69. The molecule has 0 saturated carbocycles. The maximum Gasteiger partial charge on any atom is 0.405 e. The van der Waals surface area contributed by atoms with Crippen LogP contribution < -0.4 is 25.4 Å². The smallest absolute Gasteiger partial charge is 0.405 e. The fourth-order valence-corrected chi connectivity index (χ4v) is 5.92. The van der Waals surface area contributed by atoms with Crippen molar-refractivity contribution in [3.63, 3.8) is 0 Å². The molecule has 0 aromatic heterocycles. The molecule has 0 saturated heterocycles. The van der Waals surface area contributed by atoms with Crippen molar-refractivity contribution in [1.29, 1.82) is 0 Å². The fraction of sp³-hybridized carbons (Fsp3) is 0.429. The van der Waals surface area contributed by atoms with Crippen molar-refractivity contribution in [2.75, 3.05) is 20.3 Å². The molecule has 0 radical (unpaired) electrons. The Bertz CT molecular complexity index is 2070. The second-order valence-corrected chi connectivity index (χ2v) is 15.7. The molecule has 3 atom stereocenters. The van der Waals surface area contributed by atoms with Crippen LogP contribution in [0, 0.1) is 11.8 Å². The predicted molar refractivity (Wildman–Crippen MR) is 210 cm³/mol. The van der Waals surface area contributed by atoms with E-state index in [9.17, 15) is 41.9 Å². The monoisotopic (exact) mass is 903 g/mol. The Kier molecular flexibility index (Phi) is 17.1. The summed E-state index contributed by atoms with van der Waals surface area (Å²) in [6, 6.07) is 11.3. The number of hydrogen-bond acceptors (Lipinski definition) is 9. The number of halogens is 8. The molecule has 338 valence electrons. The molecule has 0 fully saturated rings. The summed E-state index contributed by atoms with van der Waals surface area (Å²) in [7, 11) is 1.31. The number of ketones is 2. The first kappa shape index (κ1) is 50.6. The number of carbonyl (C=O) groups excluding carboxylic acids is 6. The highest BCUT2D eigenvalue weighted by molar-refractivity contribution is 6.30. The van der Waals surface area contributed by atoms with Crippen molar-refractivity contribution in [2.45, 2.75) is 83.2 Å². The summed E-state index contributed by atoms with van der Waals surface area (Å²) in [6.45, 7) is 4.81. The first-order valence-corrected chi connectivity index (χ1v) is 19.1. The number of carbonyl (C=O) groups is 6. The van der Waals surface area contributed by atoms with Gasteiger partial charge in [0.2, 0.25) is 11.7 Å². The van der Waals surface area contributed by atoms with Gasteiger partial charge in [-0.15, -0.1) is 0 Å². The average molecular weight is 904 g/mol. The molecule has 0 aliphatic rings. The van der Waals surface area contributed by atoms with Gasteiger partial charge < -0.3 is 30.2 Å². The molecule has 3 amide bonds. The Morgan fingerprint density at radius 2 is 1.37 bits per heavy atom. The number of ether oxygens (including phenoxy) is 3. The first-order chi connectivity index (χ1) is 28.6.